The molecule has 1 N–H and O–H groups in total. The molecule has 0 aromatic heterocycles. The third kappa shape index (κ3) is 2.99. The third-order valence-corrected chi connectivity index (χ3v) is 3.10. The van der Waals surface area contributed by atoms with Gasteiger partial charge in [-0.3, -0.25) is 9.59 Å². The lowest BCUT2D eigenvalue weighted by Gasteiger charge is -2.20. The molecule has 0 aliphatic carbocycles. The number of anilines is 1. The molecule has 1 aromatic rings. The first-order chi connectivity index (χ1) is 9.49. The summed E-state index contributed by atoms with van der Waals surface area (Å²) in [5.74, 6) is -1.23. The van der Waals surface area contributed by atoms with E-state index < -0.39 is 11.9 Å². The maximum Gasteiger partial charge on any atom is 0.308 e. The average molecular weight is 275 g/mol. The first kappa shape index (κ1) is 14.1. The quantitative estimate of drug-likeness (QED) is 0.835. The second-order valence-corrected chi connectivity index (χ2v) is 4.96. The van der Waals surface area contributed by atoms with Gasteiger partial charge in [-0.05, 0) is 24.6 Å². The van der Waals surface area contributed by atoms with Crippen LogP contribution in [0.25, 0.3) is 0 Å². The lowest BCUT2D eigenvalue weighted by atomic mass is 10.1. The number of benzene rings is 1. The lowest BCUT2D eigenvalue weighted by molar-refractivity contribution is -0.141. The number of carboxylic acid groups (broad SMARTS) is 1. The van der Waals surface area contributed by atoms with Crippen molar-refractivity contribution in [3.05, 3.63) is 36.4 Å². The third-order valence-electron chi connectivity index (χ3n) is 3.10. The predicted octanol–water partition coefficient (Wildman–Crippen LogP) is 2.08. The van der Waals surface area contributed by atoms with Gasteiger partial charge in [0.05, 0.1) is 11.6 Å². The van der Waals surface area contributed by atoms with Crippen molar-refractivity contribution < 1.29 is 19.4 Å². The molecular weight excluding hydrogens is 258 g/mol. The highest BCUT2D eigenvalue weighted by Gasteiger charge is 2.36. The van der Waals surface area contributed by atoms with Crippen molar-refractivity contribution in [1.29, 1.82) is 0 Å². The zero-order valence-corrected chi connectivity index (χ0v) is 11.3. The van der Waals surface area contributed by atoms with Gasteiger partial charge in [0.1, 0.15) is 12.4 Å². The Hall–Kier alpha value is -2.30. The maximum atomic E-state index is 12.0. The molecule has 106 valence electrons. The van der Waals surface area contributed by atoms with Crippen molar-refractivity contribution in [1.82, 2.24) is 0 Å². The van der Waals surface area contributed by atoms with Gasteiger partial charge in [0.2, 0.25) is 5.91 Å². The second-order valence-electron chi connectivity index (χ2n) is 4.96. The summed E-state index contributed by atoms with van der Waals surface area (Å²) in [6.07, 6.45) is 0.0319. The van der Waals surface area contributed by atoms with Crippen molar-refractivity contribution in [3.63, 3.8) is 0 Å². The molecule has 0 unspecified atom stereocenters. The summed E-state index contributed by atoms with van der Waals surface area (Å²) in [7, 11) is 0. The van der Waals surface area contributed by atoms with Crippen LogP contribution in [-0.4, -0.2) is 30.1 Å². The molecule has 1 amide bonds. The van der Waals surface area contributed by atoms with Gasteiger partial charge in [0.15, 0.2) is 0 Å². The smallest absolute Gasteiger partial charge is 0.308 e. The summed E-state index contributed by atoms with van der Waals surface area (Å²) in [6.45, 7) is 6.16. The van der Waals surface area contributed by atoms with E-state index in [0.29, 0.717) is 18.0 Å². The summed E-state index contributed by atoms with van der Waals surface area (Å²) in [5.41, 5.74) is 1.48. The van der Waals surface area contributed by atoms with Crippen LogP contribution in [0.4, 0.5) is 5.69 Å². The molecule has 0 radical (unpaired) electrons. The van der Waals surface area contributed by atoms with Crippen LogP contribution in [0.5, 0.6) is 5.75 Å². The highest BCUT2D eigenvalue weighted by molar-refractivity contribution is 6.00. The van der Waals surface area contributed by atoms with Crippen molar-refractivity contribution >= 4 is 17.6 Å². The Balaban J connectivity index is 2.22. The molecule has 1 heterocycles. The van der Waals surface area contributed by atoms with Crippen molar-refractivity contribution in [2.45, 2.75) is 13.3 Å². The Bertz CT molecular complexity index is 553. The van der Waals surface area contributed by atoms with E-state index in [-0.39, 0.29) is 18.9 Å². The van der Waals surface area contributed by atoms with E-state index in [4.69, 9.17) is 9.84 Å². The molecule has 0 bridgehead atoms. The van der Waals surface area contributed by atoms with Gasteiger partial charge in [-0.1, -0.05) is 18.7 Å². The number of aliphatic carboxylic acids is 1. The van der Waals surface area contributed by atoms with Crippen LogP contribution in [-0.2, 0) is 9.59 Å². The molecule has 1 aliphatic rings. The monoisotopic (exact) mass is 275 g/mol. The van der Waals surface area contributed by atoms with E-state index in [1.165, 1.54) is 4.90 Å². The van der Waals surface area contributed by atoms with E-state index in [1.54, 1.807) is 18.2 Å². The largest absolute Gasteiger partial charge is 0.487 e. The van der Waals surface area contributed by atoms with E-state index in [1.807, 2.05) is 13.0 Å². The maximum absolute atomic E-state index is 12.0. The molecule has 2 rings (SSSR count). The number of ether oxygens (including phenoxy) is 1. The van der Waals surface area contributed by atoms with Crippen LogP contribution in [0.2, 0.25) is 0 Å². The Morgan fingerprint density at radius 1 is 1.50 bits per heavy atom. The van der Waals surface area contributed by atoms with Gasteiger partial charge in [-0.25, -0.2) is 0 Å². The van der Waals surface area contributed by atoms with Crippen LogP contribution >= 0.6 is 0 Å². The molecule has 0 spiro atoms. The predicted molar refractivity (Wildman–Crippen MR) is 74.8 cm³/mol. The molecule has 0 saturated carbocycles. The topological polar surface area (TPSA) is 66.8 Å². The van der Waals surface area contributed by atoms with Crippen molar-refractivity contribution in [3.8, 4) is 5.75 Å². The molecule has 5 heteroatoms. The fourth-order valence-corrected chi connectivity index (χ4v) is 2.11. The van der Waals surface area contributed by atoms with Gasteiger partial charge in [0.25, 0.3) is 0 Å². The zero-order valence-electron chi connectivity index (χ0n) is 11.3. The molecule has 5 nitrogen and oxygen atoms in total. The van der Waals surface area contributed by atoms with Crippen molar-refractivity contribution in [2.75, 3.05) is 18.1 Å². The SMILES string of the molecule is C=C(C)COc1ccccc1N1C[C@H](C(=O)O)CC1=O. The number of hydrogen-bond acceptors (Lipinski definition) is 3. The fourth-order valence-electron chi connectivity index (χ4n) is 2.11. The average Bonchev–Trinajstić information content (AvgIpc) is 2.79. The van der Waals surface area contributed by atoms with E-state index in [0.717, 1.165) is 5.57 Å². The summed E-state index contributed by atoms with van der Waals surface area (Å²) in [5, 5.41) is 9.02. The number of carbonyl (C=O) groups is 2. The summed E-state index contributed by atoms with van der Waals surface area (Å²) < 4.78 is 5.61. The number of hydrogen-bond donors (Lipinski definition) is 1. The molecule has 1 aliphatic heterocycles. The number of rotatable bonds is 5. The summed E-state index contributed by atoms with van der Waals surface area (Å²) >= 11 is 0. The molecule has 20 heavy (non-hydrogen) atoms. The van der Waals surface area contributed by atoms with Gasteiger partial charge >= 0.3 is 5.97 Å². The Kier molecular flexibility index (Phi) is 4.08. The Morgan fingerprint density at radius 3 is 2.80 bits per heavy atom. The second kappa shape index (κ2) is 5.77. The van der Waals surface area contributed by atoms with E-state index in [9.17, 15) is 9.59 Å². The minimum atomic E-state index is -0.943. The molecular formula is C15H17NO4. The minimum absolute atomic E-state index is 0.0319. The summed E-state index contributed by atoms with van der Waals surface area (Å²) in [4.78, 5) is 24.5. The lowest BCUT2D eigenvalue weighted by Crippen LogP contribution is -2.26. The molecule has 1 fully saturated rings. The fraction of sp³-hybridized carbons (Fsp3) is 0.333. The molecule has 1 atom stereocenters. The number of para-hydroxylation sites is 2. The number of carboxylic acids is 1. The van der Waals surface area contributed by atoms with Gasteiger partial charge in [-0.15, -0.1) is 0 Å². The van der Waals surface area contributed by atoms with Gasteiger partial charge < -0.3 is 14.7 Å². The minimum Gasteiger partial charge on any atom is -0.487 e. The molecule has 1 aromatic carbocycles. The van der Waals surface area contributed by atoms with Crippen LogP contribution in [0.3, 0.4) is 0 Å². The highest BCUT2D eigenvalue weighted by Crippen LogP contribution is 2.33. The number of carbonyl (C=O) groups excluding carboxylic acids is 1. The van der Waals surface area contributed by atoms with Crippen LogP contribution in [0.15, 0.2) is 36.4 Å². The van der Waals surface area contributed by atoms with E-state index >= 15 is 0 Å². The molecule has 1 saturated heterocycles. The van der Waals surface area contributed by atoms with Crippen LogP contribution in [0.1, 0.15) is 13.3 Å². The van der Waals surface area contributed by atoms with Crippen molar-refractivity contribution in [2.24, 2.45) is 5.92 Å². The van der Waals surface area contributed by atoms with Gasteiger partial charge in [0, 0.05) is 13.0 Å². The standard InChI is InChI=1S/C15H17NO4/c1-10(2)9-20-13-6-4-3-5-12(13)16-8-11(15(18)19)7-14(16)17/h3-6,11H,1,7-9H2,2H3,(H,18,19)/t11-/m1/s1. The summed E-state index contributed by atoms with van der Waals surface area (Å²) in [6, 6.07) is 7.13. The normalized spacial score (nSPS) is 18.1. The first-order valence-corrected chi connectivity index (χ1v) is 6.38. The Morgan fingerprint density at radius 2 is 2.20 bits per heavy atom. The first-order valence-electron chi connectivity index (χ1n) is 6.38. The number of amides is 1. The van der Waals surface area contributed by atoms with Gasteiger partial charge in [-0.2, -0.15) is 0 Å². The number of nitrogens with zero attached hydrogens (tertiary/aromatic N) is 1. The van der Waals surface area contributed by atoms with E-state index in [2.05, 4.69) is 6.58 Å². The van der Waals surface area contributed by atoms with Crippen LogP contribution < -0.4 is 9.64 Å². The Labute approximate surface area is 117 Å². The highest BCUT2D eigenvalue weighted by atomic mass is 16.5. The zero-order chi connectivity index (χ0) is 14.7. The van der Waals surface area contributed by atoms with Crippen LogP contribution in [0, 0.1) is 5.92 Å².